The summed E-state index contributed by atoms with van der Waals surface area (Å²) in [4.78, 5) is 42.0. The zero-order valence-electron chi connectivity index (χ0n) is 17.3. The van der Waals surface area contributed by atoms with Gasteiger partial charge >= 0.3 is 5.97 Å². The summed E-state index contributed by atoms with van der Waals surface area (Å²) in [5.74, 6) is -0.836. The van der Waals surface area contributed by atoms with Gasteiger partial charge in [0.2, 0.25) is 11.8 Å². The number of carbonyl (C=O) groups excluding carboxylic acids is 3. The first kappa shape index (κ1) is 22.0. The Bertz CT molecular complexity index is 1140. The van der Waals surface area contributed by atoms with Gasteiger partial charge in [0.1, 0.15) is 11.6 Å². The molecule has 4 rings (SSSR count). The van der Waals surface area contributed by atoms with E-state index in [4.69, 9.17) is 4.74 Å². The summed E-state index contributed by atoms with van der Waals surface area (Å²) < 4.78 is 5.30. The first-order valence-corrected chi connectivity index (χ1v) is 11.7. The lowest BCUT2D eigenvalue weighted by Gasteiger charge is -2.23. The zero-order chi connectivity index (χ0) is 22.5. The van der Waals surface area contributed by atoms with Gasteiger partial charge in [0.05, 0.1) is 29.5 Å². The van der Waals surface area contributed by atoms with E-state index in [-0.39, 0.29) is 31.3 Å². The van der Waals surface area contributed by atoms with E-state index in [0.717, 1.165) is 21.8 Å². The maximum absolute atomic E-state index is 12.2. The van der Waals surface area contributed by atoms with Crippen LogP contribution < -0.4 is 10.6 Å². The van der Waals surface area contributed by atoms with Crippen molar-refractivity contribution in [2.75, 3.05) is 10.6 Å². The molecule has 0 saturated heterocycles. The summed E-state index contributed by atoms with van der Waals surface area (Å²) in [7, 11) is 0. The average molecular weight is 468 g/mol. The SMILES string of the molecule is Cc1ccc(NC(=O)Cc2nc(COC(=O)CC3Sc4ccccc4NC3=O)cs2)cc1. The summed E-state index contributed by atoms with van der Waals surface area (Å²) in [6.45, 7) is 1.99. The number of thiazole rings is 1. The summed E-state index contributed by atoms with van der Waals surface area (Å²) >= 11 is 2.70. The minimum atomic E-state index is -0.533. The Balaban J connectivity index is 1.24. The van der Waals surface area contributed by atoms with Crippen LogP contribution in [0.5, 0.6) is 0 Å². The van der Waals surface area contributed by atoms with Gasteiger partial charge in [0, 0.05) is 16.0 Å². The van der Waals surface area contributed by atoms with Gasteiger partial charge in [-0.25, -0.2) is 4.98 Å². The lowest BCUT2D eigenvalue weighted by Crippen LogP contribution is -2.31. The first-order chi connectivity index (χ1) is 15.5. The topological polar surface area (TPSA) is 97.4 Å². The molecule has 0 fully saturated rings. The molecule has 0 bridgehead atoms. The van der Waals surface area contributed by atoms with Crippen LogP contribution in [0.15, 0.2) is 58.8 Å². The normalized spacial score (nSPS) is 14.9. The van der Waals surface area contributed by atoms with Crippen molar-refractivity contribution in [3.63, 3.8) is 0 Å². The van der Waals surface area contributed by atoms with Crippen LogP contribution in [0.25, 0.3) is 0 Å². The van der Waals surface area contributed by atoms with Gasteiger partial charge in [0.15, 0.2) is 0 Å². The third-order valence-electron chi connectivity index (χ3n) is 4.69. The average Bonchev–Trinajstić information content (AvgIpc) is 3.21. The van der Waals surface area contributed by atoms with Crippen molar-refractivity contribution in [2.24, 2.45) is 0 Å². The number of aryl methyl sites for hydroxylation is 1. The molecular formula is C23H21N3O4S2. The third kappa shape index (κ3) is 5.74. The van der Waals surface area contributed by atoms with Crippen LogP contribution in [-0.2, 0) is 32.1 Å². The number of benzene rings is 2. The number of nitrogens with zero attached hydrogens (tertiary/aromatic N) is 1. The quantitative estimate of drug-likeness (QED) is 0.506. The summed E-state index contributed by atoms with van der Waals surface area (Å²) in [5, 5.41) is 7.52. The van der Waals surface area contributed by atoms with Gasteiger partial charge in [-0.15, -0.1) is 23.1 Å². The Morgan fingerprint density at radius 2 is 1.94 bits per heavy atom. The molecule has 0 aliphatic carbocycles. The molecule has 1 aliphatic rings. The van der Waals surface area contributed by atoms with Crippen LogP contribution in [0, 0.1) is 6.92 Å². The number of carbonyl (C=O) groups is 3. The monoisotopic (exact) mass is 467 g/mol. The van der Waals surface area contributed by atoms with Gasteiger partial charge in [0.25, 0.3) is 0 Å². The van der Waals surface area contributed by atoms with E-state index in [1.54, 1.807) is 5.38 Å². The highest BCUT2D eigenvalue weighted by Crippen LogP contribution is 2.36. The third-order valence-corrected chi connectivity index (χ3v) is 6.86. The van der Waals surface area contributed by atoms with Crippen molar-refractivity contribution in [2.45, 2.75) is 36.5 Å². The molecule has 7 nitrogen and oxygen atoms in total. The van der Waals surface area contributed by atoms with Crippen molar-refractivity contribution >= 4 is 52.3 Å². The summed E-state index contributed by atoms with van der Waals surface area (Å²) in [5.41, 5.74) is 3.19. The number of thioether (sulfide) groups is 1. The number of para-hydroxylation sites is 1. The van der Waals surface area contributed by atoms with Crippen molar-refractivity contribution in [3.8, 4) is 0 Å². The standard InChI is InChI=1S/C23H21N3O4S2/c1-14-6-8-15(9-7-14)24-20(27)11-21-25-16(13-31-21)12-30-22(28)10-19-23(29)26-17-4-2-3-5-18(17)32-19/h2-9,13,19H,10-12H2,1H3,(H,24,27)(H,26,29). The molecule has 1 unspecified atom stereocenters. The number of ether oxygens (including phenoxy) is 1. The molecule has 0 spiro atoms. The molecule has 2 heterocycles. The molecule has 32 heavy (non-hydrogen) atoms. The first-order valence-electron chi connectivity index (χ1n) is 9.98. The lowest BCUT2D eigenvalue weighted by molar-refractivity contribution is -0.145. The van der Waals surface area contributed by atoms with Gasteiger partial charge in [-0.05, 0) is 31.2 Å². The molecule has 0 saturated carbocycles. The molecule has 0 radical (unpaired) electrons. The Labute approximate surface area is 193 Å². The fraction of sp³-hybridized carbons (Fsp3) is 0.217. The predicted molar refractivity (Wildman–Crippen MR) is 125 cm³/mol. The predicted octanol–water partition coefficient (Wildman–Crippen LogP) is 4.18. The molecule has 9 heteroatoms. The van der Waals surface area contributed by atoms with E-state index in [1.165, 1.54) is 23.1 Å². The summed E-state index contributed by atoms with van der Waals surface area (Å²) in [6, 6.07) is 15.0. The van der Waals surface area contributed by atoms with Crippen molar-refractivity contribution < 1.29 is 19.1 Å². The number of esters is 1. The second-order valence-electron chi connectivity index (χ2n) is 7.28. The van der Waals surface area contributed by atoms with Crippen LogP contribution in [0.3, 0.4) is 0 Å². The highest BCUT2D eigenvalue weighted by molar-refractivity contribution is 8.01. The summed E-state index contributed by atoms with van der Waals surface area (Å²) in [6.07, 6.45) is 0.117. The molecular weight excluding hydrogens is 446 g/mol. The fourth-order valence-corrected chi connectivity index (χ4v) is 4.94. The molecule has 2 amide bonds. The van der Waals surface area contributed by atoms with E-state index in [1.807, 2.05) is 55.5 Å². The van der Waals surface area contributed by atoms with Crippen molar-refractivity contribution in [1.29, 1.82) is 0 Å². The van der Waals surface area contributed by atoms with E-state index in [9.17, 15) is 14.4 Å². The maximum Gasteiger partial charge on any atom is 0.307 e. The number of amides is 2. The molecule has 1 aliphatic heterocycles. The van der Waals surface area contributed by atoms with E-state index in [0.29, 0.717) is 10.7 Å². The Morgan fingerprint density at radius 1 is 1.16 bits per heavy atom. The minimum Gasteiger partial charge on any atom is -0.459 e. The van der Waals surface area contributed by atoms with E-state index >= 15 is 0 Å². The minimum absolute atomic E-state index is 0.00447. The number of anilines is 2. The maximum atomic E-state index is 12.2. The molecule has 3 aromatic rings. The number of fused-ring (bicyclic) bond motifs is 1. The van der Waals surface area contributed by atoms with Gasteiger partial charge < -0.3 is 15.4 Å². The number of rotatable bonds is 7. The number of hydrogen-bond donors (Lipinski definition) is 2. The van der Waals surface area contributed by atoms with Crippen LogP contribution in [0.4, 0.5) is 11.4 Å². The largest absolute Gasteiger partial charge is 0.459 e. The second-order valence-corrected chi connectivity index (χ2v) is 9.47. The smallest absolute Gasteiger partial charge is 0.307 e. The highest BCUT2D eigenvalue weighted by Gasteiger charge is 2.29. The van der Waals surface area contributed by atoms with E-state index in [2.05, 4.69) is 15.6 Å². The van der Waals surface area contributed by atoms with Crippen LogP contribution >= 0.6 is 23.1 Å². The molecule has 2 N–H and O–H groups in total. The Hall–Kier alpha value is -3.17. The number of hydrogen-bond acceptors (Lipinski definition) is 7. The van der Waals surface area contributed by atoms with Crippen LogP contribution in [0.1, 0.15) is 22.7 Å². The highest BCUT2D eigenvalue weighted by atomic mass is 32.2. The Kier molecular flexibility index (Phi) is 6.87. The zero-order valence-corrected chi connectivity index (χ0v) is 18.9. The van der Waals surface area contributed by atoms with Crippen LogP contribution in [-0.4, -0.2) is 28.0 Å². The Morgan fingerprint density at radius 3 is 2.75 bits per heavy atom. The molecule has 2 aromatic carbocycles. The fourth-order valence-electron chi connectivity index (χ4n) is 3.07. The van der Waals surface area contributed by atoms with Gasteiger partial charge in [-0.1, -0.05) is 29.8 Å². The molecule has 1 aromatic heterocycles. The van der Waals surface area contributed by atoms with Gasteiger partial charge in [-0.2, -0.15) is 0 Å². The van der Waals surface area contributed by atoms with Crippen molar-refractivity contribution in [1.82, 2.24) is 4.98 Å². The van der Waals surface area contributed by atoms with E-state index < -0.39 is 11.2 Å². The number of nitrogens with one attached hydrogen (secondary N) is 2. The molecule has 1 atom stereocenters. The lowest BCUT2D eigenvalue weighted by atomic mass is 10.2. The van der Waals surface area contributed by atoms with Crippen molar-refractivity contribution in [3.05, 3.63) is 70.2 Å². The second kappa shape index (κ2) is 9.97. The van der Waals surface area contributed by atoms with Gasteiger partial charge in [-0.3, -0.25) is 14.4 Å². The number of aromatic nitrogens is 1. The van der Waals surface area contributed by atoms with Crippen LogP contribution in [0.2, 0.25) is 0 Å². The molecule has 164 valence electrons.